The Labute approximate surface area is 116 Å². The normalized spacial score (nSPS) is 17.8. The molecule has 0 unspecified atom stereocenters. The number of benzene rings is 1. The van der Waals surface area contributed by atoms with Crippen LogP contribution in [0.2, 0.25) is 0 Å². The SMILES string of the molecule is CC1=CC(=O)c2c(O)cc(C)c(C(=O)C3CC3)c2C1=O. The van der Waals surface area contributed by atoms with Crippen LogP contribution >= 0.6 is 0 Å². The van der Waals surface area contributed by atoms with Crippen molar-refractivity contribution >= 4 is 17.3 Å². The Morgan fingerprint density at radius 1 is 1.20 bits per heavy atom. The van der Waals surface area contributed by atoms with Crippen LogP contribution < -0.4 is 0 Å². The van der Waals surface area contributed by atoms with Gasteiger partial charge in [-0.25, -0.2) is 0 Å². The summed E-state index contributed by atoms with van der Waals surface area (Å²) in [5, 5.41) is 9.96. The molecule has 0 amide bonds. The molecule has 0 aromatic heterocycles. The standard InChI is InChI=1S/C16H14O4/c1-7-5-10(17)13-11(18)6-8(2)15(19)14(13)12(7)16(20)9-3-4-9/h5-6,9,17H,3-4H2,1-2H3. The number of allylic oxidation sites excluding steroid dienone is 2. The Morgan fingerprint density at radius 2 is 1.85 bits per heavy atom. The molecule has 0 spiro atoms. The van der Waals surface area contributed by atoms with Gasteiger partial charge in [0.25, 0.3) is 0 Å². The van der Waals surface area contributed by atoms with E-state index in [0.717, 1.165) is 12.8 Å². The number of hydrogen-bond acceptors (Lipinski definition) is 4. The summed E-state index contributed by atoms with van der Waals surface area (Å²) in [6.07, 6.45) is 2.86. The maximum absolute atomic E-state index is 12.4. The largest absolute Gasteiger partial charge is 0.507 e. The van der Waals surface area contributed by atoms with Crippen LogP contribution in [0.15, 0.2) is 17.7 Å². The van der Waals surface area contributed by atoms with Gasteiger partial charge < -0.3 is 5.11 Å². The number of fused-ring (bicyclic) bond motifs is 1. The van der Waals surface area contributed by atoms with E-state index in [-0.39, 0.29) is 34.4 Å². The summed E-state index contributed by atoms with van der Waals surface area (Å²) in [5.74, 6) is -1.12. The van der Waals surface area contributed by atoms with Crippen LogP contribution in [-0.2, 0) is 0 Å². The third kappa shape index (κ3) is 1.72. The first-order valence-corrected chi connectivity index (χ1v) is 6.60. The van der Waals surface area contributed by atoms with E-state index in [4.69, 9.17) is 0 Å². The number of aryl methyl sites for hydroxylation is 1. The van der Waals surface area contributed by atoms with E-state index in [1.165, 1.54) is 12.1 Å². The van der Waals surface area contributed by atoms with Crippen LogP contribution in [0.4, 0.5) is 0 Å². The van der Waals surface area contributed by atoms with Crippen molar-refractivity contribution in [3.05, 3.63) is 40.0 Å². The minimum atomic E-state index is -0.417. The molecule has 1 aromatic rings. The quantitative estimate of drug-likeness (QED) is 0.838. The predicted octanol–water partition coefficient (Wildman–Crippen LogP) is 2.62. The number of phenolic OH excluding ortho intramolecular Hbond substituents is 1. The molecule has 1 saturated carbocycles. The molecule has 0 saturated heterocycles. The highest BCUT2D eigenvalue weighted by atomic mass is 16.3. The Bertz CT molecular complexity index is 706. The van der Waals surface area contributed by atoms with Gasteiger partial charge in [0.1, 0.15) is 5.75 Å². The van der Waals surface area contributed by atoms with E-state index in [2.05, 4.69) is 0 Å². The molecule has 1 fully saturated rings. The second kappa shape index (κ2) is 4.13. The van der Waals surface area contributed by atoms with E-state index >= 15 is 0 Å². The molecule has 2 aliphatic rings. The molecule has 1 aromatic carbocycles. The zero-order chi connectivity index (χ0) is 14.6. The maximum atomic E-state index is 12.4. The molecule has 102 valence electrons. The lowest BCUT2D eigenvalue weighted by molar-refractivity contribution is 0.0947. The lowest BCUT2D eigenvalue weighted by Gasteiger charge is -2.19. The summed E-state index contributed by atoms with van der Waals surface area (Å²) >= 11 is 0. The summed E-state index contributed by atoms with van der Waals surface area (Å²) in [5.41, 5.74) is 1.22. The van der Waals surface area contributed by atoms with Gasteiger partial charge in [-0.1, -0.05) is 0 Å². The van der Waals surface area contributed by atoms with Crippen LogP contribution in [0.3, 0.4) is 0 Å². The fourth-order valence-electron chi connectivity index (χ4n) is 2.67. The molecule has 3 rings (SSSR count). The first kappa shape index (κ1) is 12.8. The Kier molecular flexibility index (Phi) is 2.64. The predicted molar refractivity (Wildman–Crippen MR) is 72.3 cm³/mol. The van der Waals surface area contributed by atoms with Crippen molar-refractivity contribution in [2.75, 3.05) is 0 Å². The van der Waals surface area contributed by atoms with Crippen molar-refractivity contribution in [2.24, 2.45) is 5.92 Å². The summed E-state index contributed by atoms with van der Waals surface area (Å²) in [7, 11) is 0. The molecular weight excluding hydrogens is 256 g/mol. The minimum Gasteiger partial charge on any atom is -0.507 e. The van der Waals surface area contributed by atoms with Crippen molar-refractivity contribution in [3.63, 3.8) is 0 Å². The number of aromatic hydroxyl groups is 1. The number of ketones is 3. The molecular formula is C16H14O4. The first-order valence-electron chi connectivity index (χ1n) is 6.60. The van der Waals surface area contributed by atoms with Gasteiger partial charge in [0.2, 0.25) is 0 Å². The average Bonchev–Trinajstić information content (AvgIpc) is 3.18. The number of hydrogen-bond donors (Lipinski definition) is 1. The van der Waals surface area contributed by atoms with E-state index in [1.54, 1.807) is 13.8 Å². The Morgan fingerprint density at radius 3 is 2.45 bits per heavy atom. The highest BCUT2D eigenvalue weighted by Gasteiger charge is 2.37. The van der Waals surface area contributed by atoms with Crippen LogP contribution in [0, 0.1) is 12.8 Å². The Balaban J connectivity index is 2.32. The first-order chi connectivity index (χ1) is 9.41. The van der Waals surface area contributed by atoms with Crippen molar-refractivity contribution in [2.45, 2.75) is 26.7 Å². The minimum absolute atomic E-state index is 0.0322. The lowest BCUT2D eigenvalue weighted by Crippen LogP contribution is -2.22. The van der Waals surface area contributed by atoms with Crippen LogP contribution in [0.25, 0.3) is 0 Å². The number of carbonyl (C=O) groups excluding carboxylic acids is 3. The van der Waals surface area contributed by atoms with Gasteiger partial charge in [-0.15, -0.1) is 0 Å². The zero-order valence-electron chi connectivity index (χ0n) is 11.3. The molecule has 2 aliphatic carbocycles. The van der Waals surface area contributed by atoms with E-state index in [9.17, 15) is 19.5 Å². The van der Waals surface area contributed by atoms with Gasteiger partial charge in [-0.3, -0.25) is 14.4 Å². The lowest BCUT2D eigenvalue weighted by atomic mass is 9.82. The van der Waals surface area contributed by atoms with Crippen LogP contribution in [0.5, 0.6) is 5.75 Å². The molecule has 4 heteroatoms. The van der Waals surface area contributed by atoms with Crippen molar-refractivity contribution < 1.29 is 19.5 Å². The molecule has 0 bridgehead atoms. The van der Waals surface area contributed by atoms with Gasteiger partial charge >= 0.3 is 0 Å². The average molecular weight is 270 g/mol. The van der Waals surface area contributed by atoms with Gasteiger partial charge in [0.15, 0.2) is 17.3 Å². The van der Waals surface area contributed by atoms with Crippen LogP contribution in [-0.4, -0.2) is 22.5 Å². The van der Waals surface area contributed by atoms with Crippen molar-refractivity contribution in [3.8, 4) is 5.75 Å². The molecule has 4 nitrogen and oxygen atoms in total. The highest BCUT2D eigenvalue weighted by Crippen LogP contribution is 2.39. The molecule has 0 atom stereocenters. The smallest absolute Gasteiger partial charge is 0.190 e. The van der Waals surface area contributed by atoms with Gasteiger partial charge in [0.05, 0.1) is 5.56 Å². The highest BCUT2D eigenvalue weighted by molar-refractivity contribution is 6.28. The van der Waals surface area contributed by atoms with Gasteiger partial charge in [-0.05, 0) is 44.4 Å². The van der Waals surface area contributed by atoms with Crippen LogP contribution in [0.1, 0.15) is 56.4 Å². The second-order valence-electron chi connectivity index (χ2n) is 5.50. The number of phenols is 1. The third-order valence-electron chi connectivity index (χ3n) is 3.88. The summed E-state index contributed by atoms with van der Waals surface area (Å²) in [6, 6.07) is 1.40. The molecule has 0 heterocycles. The zero-order valence-corrected chi connectivity index (χ0v) is 11.3. The summed E-state index contributed by atoms with van der Waals surface area (Å²) in [4.78, 5) is 36.8. The van der Waals surface area contributed by atoms with E-state index in [0.29, 0.717) is 16.7 Å². The summed E-state index contributed by atoms with van der Waals surface area (Å²) in [6.45, 7) is 3.23. The van der Waals surface area contributed by atoms with Crippen molar-refractivity contribution in [1.29, 1.82) is 0 Å². The molecule has 20 heavy (non-hydrogen) atoms. The fraction of sp³-hybridized carbons (Fsp3) is 0.312. The summed E-state index contributed by atoms with van der Waals surface area (Å²) < 4.78 is 0. The molecule has 1 N–H and O–H groups in total. The number of rotatable bonds is 2. The van der Waals surface area contributed by atoms with E-state index < -0.39 is 5.78 Å². The van der Waals surface area contributed by atoms with Gasteiger partial charge in [-0.2, -0.15) is 0 Å². The maximum Gasteiger partial charge on any atom is 0.190 e. The van der Waals surface area contributed by atoms with E-state index in [1.807, 2.05) is 0 Å². The number of carbonyl (C=O) groups is 3. The third-order valence-corrected chi connectivity index (χ3v) is 3.88. The van der Waals surface area contributed by atoms with Gasteiger partial charge in [0, 0.05) is 22.6 Å². The Hall–Kier alpha value is -2.23. The molecule has 0 aliphatic heterocycles. The number of Topliss-reactive ketones (excluding diaryl/α,β-unsaturated/α-hetero) is 2. The van der Waals surface area contributed by atoms with Crippen molar-refractivity contribution in [1.82, 2.24) is 0 Å². The molecule has 0 radical (unpaired) electrons. The monoisotopic (exact) mass is 270 g/mol. The fourth-order valence-corrected chi connectivity index (χ4v) is 2.67. The second-order valence-corrected chi connectivity index (χ2v) is 5.50. The topological polar surface area (TPSA) is 71.4 Å².